The normalized spacial score (nSPS) is 10.2. The number of hydrogen-bond donors (Lipinski definition) is 1. The topological polar surface area (TPSA) is 26.0 Å². The smallest absolute Gasteiger partial charge is 0.0204 e. The lowest BCUT2D eigenvalue weighted by Crippen LogP contribution is -2.00. The second-order valence-electron chi connectivity index (χ2n) is 2.98. The Morgan fingerprint density at radius 2 is 2.17 bits per heavy atom. The second-order valence-corrected chi connectivity index (χ2v) is 3.83. The third-order valence-electron chi connectivity index (χ3n) is 1.89. The molecule has 0 saturated carbocycles. The molecule has 0 unspecified atom stereocenters. The van der Waals surface area contributed by atoms with Gasteiger partial charge in [0.15, 0.2) is 0 Å². The van der Waals surface area contributed by atoms with Crippen LogP contribution in [0.1, 0.15) is 17.5 Å². The standard InChI is InChI=1S/C10H14BrN/c1-8-7-9(3-2-6-12)4-5-10(8)11/h4-5,7H,2-3,6,12H2,1H3. The molecule has 2 heteroatoms. The number of rotatable bonds is 3. The van der Waals surface area contributed by atoms with Gasteiger partial charge in [0, 0.05) is 4.47 Å². The highest BCUT2D eigenvalue weighted by Crippen LogP contribution is 2.17. The first-order valence-corrected chi connectivity index (χ1v) is 4.98. The summed E-state index contributed by atoms with van der Waals surface area (Å²) in [6.45, 7) is 2.88. The van der Waals surface area contributed by atoms with Crippen LogP contribution in [0.25, 0.3) is 0 Å². The molecule has 0 amide bonds. The Hall–Kier alpha value is -0.340. The monoisotopic (exact) mass is 227 g/mol. The summed E-state index contributed by atoms with van der Waals surface area (Å²) >= 11 is 3.47. The van der Waals surface area contributed by atoms with Crippen molar-refractivity contribution in [2.45, 2.75) is 19.8 Å². The lowest BCUT2D eigenvalue weighted by atomic mass is 10.1. The Kier molecular flexibility index (Phi) is 3.76. The van der Waals surface area contributed by atoms with Crippen molar-refractivity contribution in [3.63, 3.8) is 0 Å². The summed E-state index contributed by atoms with van der Waals surface area (Å²) in [7, 11) is 0. The third-order valence-corrected chi connectivity index (χ3v) is 2.78. The van der Waals surface area contributed by atoms with E-state index < -0.39 is 0 Å². The molecule has 0 aromatic heterocycles. The van der Waals surface area contributed by atoms with E-state index in [2.05, 4.69) is 41.1 Å². The molecule has 0 atom stereocenters. The Morgan fingerprint density at radius 3 is 2.75 bits per heavy atom. The van der Waals surface area contributed by atoms with Gasteiger partial charge in [-0.05, 0) is 43.5 Å². The van der Waals surface area contributed by atoms with E-state index in [0.29, 0.717) is 0 Å². The van der Waals surface area contributed by atoms with Gasteiger partial charge in [-0.1, -0.05) is 28.1 Å². The van der Waals surface area contributed by atoms with Crippen LogP contribution < -0.4 is 5.73 Å². The summed E-state index contributed by atoms with van der Waals surface area (Å²) < 4.78 is 1.18. The molecule has 1 aromatic rings. The van der Waals surface area contributed by atoms with Gasteiger partial charge in [0.05, 0.1) is 0 Å². The van der Waals surface area contributed by atoms with Crippen LogP contribution in [-0.2, 0) is 6.42 Å². The maximum atomic E-state index is 5.44. The zero-order valence-corrected chi connectivity index (χ0v) is 8.89. The van der Waals surface area contributed by atoms with E-state index in [0.717, 1.165) is 19.4 Å². The molecule has 0 aliphatic carbocycles. The SMILES string of the molecule is Cc1cc(CCCN)ccc1Br. The Bertz CT molecular complexity index is 258. The lowest BCUT2D eigenvalue weighted by Gasteiger charge is -2.02. The molecule has 0 heterocycles. The quantitative estimate of drug-likeness (QED) is 0.845. The molecule has 0 aliphatic rings. The van der Waals surface area contributed by atoms with Crippen LogP contribution in [-0.4, -0.2) is 6.54 Å². The van der Waals surface area contributed by atoms with Crippen molar-refractivity contribution in [2.75, 3.05) is 6.54 Å². The number of aryl methyl sites for hydroxylation is 2. The number of benzene rings is 1. The Labute approximate surface area is 82.1 Å². The fourth-order valence-corrected chi connectivity index (χ4v) is 1.42. The maximum Gasteiger partial charge on any atom is 0.0204 e. The van der Waals surface area contributed by atoms with Gasteiger partial charge in [-0.3, -0.25) is 0 Å². The molecule has 0 radical (unpaired) electrons. The third kappa shape index (κ3) is 2.61. The van der Waals surface area contributed by atoms with Crippen LogP contribution in [0.2, 0.25) is 0 Å². The highest BCUT2D eigenvalue weighted by atomic mass is 79.9. The minimum atomic E-state index is 0.773. The Morgan fingerprint density at radius 1 is 1.42 bits per heavy atom. The zero-order chi connectivity index (χ0) is 8.97. The van der Waals surface area contributed by atoms with E-state index in [-0.39, 0.29) is 0 Å². The van der Waals surface area contributed by atoms with Crippen molar-refractivity contribution in [1.29, 1.82) is 0 Å². The van der Waals surface area contributed by atoms with Crippen LogP contribution in [0.3, 0.4) is 0 Å². The van der Waals surface area contributed by atoms with E-state index in [1.807, 2.05) is 0 Å². The molecule has 66 valence electrons. The lowest BCUT2D eigenvalue weighted by molar-refractivity contribution is 0.831. The first kappa shape index (κ1) is 9.75. The zero-order valence-electron chi connectivity index (χ0n) is 7.31. The van der Waals surface area contributed by atoms with Crippen LogP contribution >= 0.6 is 15.9 Å². The van der Waals surface area contributed by atoms with Crippen LogP contribution in [0.15, 0.2) is 22.7 Å². The van der Waals surface area contributed by atoms with Gasteiger partial charge < -0.3 is 5.73 Å². The van der Waals surface area contributed by atoms with E-state index in [1.54, 1.807) is 0 Å². The molecule has 1 aromatic carbocycles. The van der Waals surface area contributed by atoms with Crippen molar-refractivity contribution < 1.29 is 0 Å². The average molecular weight is 228 g/mol. The van der Waals surface area contributed by atoms with Crippen molar-refractivity contribution in [2.24, 2.45) is 5.73 Å². The van der Waals surface area contributed by atoms with Gasteiger partial charge in [0.1, 0.15) is 0 Å². The molecule has 0 spiro atoms. The molecular formula is C10H14BrN. The molecule has 1 nitrogen and oxygen atoms in total. The molecule has 1 rings (SSSR count). The van der Waals surface area contributed by atoms with E-state index in [4.69, 9.17) is 5.73 Å². The minimum Gasteiger partial charge on any atom is -0.330 e. The predicted molar refractivity (Wildman–Crippen MR) is 56.3 cm³/mol. The van der Waals surface area contributed by atoms with E-state index >= 15 is 0 Å². The number of hydrogen-bond acceptors (Lipinski definition) is 1. The molecule has 0 aliphatic heterocycles. The molecule has 12 heavy (non-hydrogen) atoms. The van der Waals surface area contributed by atoms with Crippen molar-refractivity contribution in [3.8, 4) is 0 Å². The highest BCUT2D eigenvalue weighted by Gasteiger charge is 1.96. The van der Waals surface area contributed by atoms with Crippen LogP contribution in [0, 0.1) is 6.92 Å². The van der Waals surface area contributed by atoms with Crippen molar-refractivity contribution >= 4 is 15.9 Å². The molecule has 0 bridgehead atoms. The number of nitrogens with two attached hydrogens (primary N) is 1. The van der Waals surface area contributed by atoms with Gasteiger partial charge >= 0.3 is 0 Å². The first-order valence-electron chi connectivity index (χ1n) is 4.19. The summed E-state index contributed by atoms with van der Waals surface area (Å²) in [6.07, 6.45) is 2.16. The van der Waals surface area contributed by atoms with Gasteiger partial charge in [0.2, 0.25) is 0 Å². The summed E-state index contributed by atoms with van der Waals surface area (Å²) in [5.74, 6) is 0. The van der Waals surface area contributed by atoms with Gasteiger partial charge in [-0.25, -0.2) is 0 Å². The van der Waals surface area contributed by atoms with Gasteiger partial charge in [-0.15, -0.1) is 0 Å². The molecular weight excluding hydrogens is 214 g/mol. The molecule has 2 N–H and O–H groups in total. The predicted octanol–water partition coefficient (Wildman–Crippen LogP) is 2.65. The van der Waals surface area contributed by atoms with Crippen LogP contribution in [0.5, 0.6) is 0 Å². The molecule has 0 fully saturated rings. The van der Waals surface area contributed by atoms with E-state index in [9.17, 15) is 0 Å². The fraction of sp³-hybridized carbons (Fsp3) is 0.400. The maximum absolute atomic E-state index is 5.44. The summed E-state index contributed by atoms with van der Waals surface area (Å²) in [4.78, 5) is 0. The fourth-order valence-electron chi connectivity index (χ4n) is 1.17. The first-order chi connectivity index (χ1) is 5.74. The van der Waals surface area contributed by atoms with Crippen molar-refractivity contribution in [1.82, 2.24) is 0 Å². The van der Waals surface area contributed by atoms with E-state index in [1.165, 1.54) is 15.6 Å². The largest absolute Gasteiger partial charge is 0.330 e. The summed E-state index contributed by atoms with van der Waals surface area (Å²) in [5, 5.41) is 0. The second kappa shape index (κ2) is 4.63. The minimum absolute atomic E-state index is 0.773. The Balaban J connectivity index is 2.69. The molecule has 0 saturated heterocycles. The van der Waals surface area contributed by atoms with Gasteiger partial charge in [0.25, 0.3) is 0 Å². The van der Waals surface area contributed by atoms with Gasteiger partial charge in [-0.2, -0.15) is 0 Å². The number of halogens is 1. The average Bonchev–Trinajstić information content (AvgIpc) is 2.07. The van der Waals surface area contributed by atoms with Crippen molar-refractivity contribution in [3.05, 3.63) is 33.8 Å². The summed E-state index contributed by atoms with van der Waals surface area (Å²) in [5.41, 5.74) is 8.11. The summed E-state index contributed by atoms with van der Waals surface area (Å²) in [6, 6.07) is 6.45. The highest BCUT2D eigenvalue weighted by molar-refractivity contribution is 9.10. The van der Waals surface area contributed by atoms with Crippen LogP contribution in [0.4, 0.5) is 0 Å².